The molecule has 15 nitrogen and oxygen atoms in total. The highest BCUT2D eigenvalue weighted by molar-refractivity contribution is 6.08. The Morgan fingerprint density at radius 2 is 1.72 bits per heavy atom. The summed E-state index contributed by atoms with van der Waals surface area (Å²) in [6.45, 7) is 13.3. The molecule has 13 atom stereocenters. The van der Waals surface area contributed by atoms with Gasteiger partial charge < -0.3 is 43.2 Å². The number of cyclic esters (lactones) is 1. The Bertz CT molecular complexity index is 1770. The van der Waals surface area contributed by atoms with E-state index in [4.69, 9.17) is 23.7 Å². The molecule has 5 rings (SSSR count). The predicted octanol–water partition coefficient (Wildman–Crippen LogP) is 4.51. The van der Waals surface area contributed by atoms with Crippen molar-refractivity contribution in [3.8, 4) is 0 Å². The van der Waals surface area contributed by atoms with Gasteiger partial charge in [0.2, 0.25) is 0 Å². The van der Waals surface area contributed by atoms with Gasteiger partial charge in [-0.1, -0.05) is 27.7 Å². The minimum atomic E-state index is -3.17. The third-order valence-electron chi connectivity index (χ3n) is 12.6. The van der Waals surface area contributed by atoms with Crippen molar-refractivity contribution >= 4 is 34.8 Å². The normalized spacial score (nSPS) is 38.6. The van der Waals surface area contributed by atoms with Crippen LogP contribution < -0.4 is 0 Å². The Hall–Kier alpha value is -3.57. The topological polar surface area (TPSA) is 172 Å². The number of nitrogens with zero attached hydrogens (tertiary/aromatic N) is 5. The number of fused-ring (bicyclic) bond motifs is 2. The van der Waals surface area contributed by atoms with E-state index in [1.165, 1.54) is 18.9 Å². The van der Waals surface area contributed by atoms with Crippen LogP contribution in [0.4, 0.5) is 9.18 Å². The number of pyridine rings is 1. The number of Topliss-reactive ketones (excluding diaryl/α,β-unsaturated/α-hetero) is 2. The molecule has 16 heteroatoms. The number of amides is 1. The molecule has 3 fully saturated rings. The third-order valence-corrected chi connectivity index (χ3v) is 12.6. The first-order valence-electron chi connectivity index (χ1n) is 20.2. The molecular weight excluding hydrogens is 741 g/mol. The Labute approximate surface area is 334 Å². The highest BCUT2D eigenvalue weighted by atomic mass is 19.1. The summed E-state index contributed by atoms with van der Waals surface area (Å²) in [4.78, 5) is 68.8. The number of imidazole rings is 1. The van der Waals surface area contributed by atoms with E-state index in [0.717, 1.165) is 18.1 Å². The second-order valence-corrected chi connectivity index (χ2v) is 17.1. The number of carbonyl (C=O) groups is 4. The molecular formula is C41H62FN5O10. The molecule has 3 aliphatic rings. The van der Waals surface area contributed by atoms with E-state index in [1.807, 2.05) is 42.6 Å². The molecule has 57 heavy (non-hydrogen) atoms. The van der Waals surface area contributed by atoms with Crippen molar-refractivity contribution in [2.75, 3.05) is 27.7 Å². The lowest BCUT2D eigenvalue weighted by atomic mass is 9.73. The maximum Gasteiger partial charge on any atom is 0.410 e. The van der Waals surface area contributed by atoms with Gasteiger partial charge >= 0.3 is 12.1 Å². The smallest absolute Gasteiger partial charge is 0.410 e. The lowest BCUT2D eigenvalue weighted by Crippen LogP contribution is -2.61. The fourth-order valence-electron chi connectivity index (χ4n) is 9.34. The number of aliphatic hydroxyl groups excluding tert-OH is 1. The summed E-state index contributed by atoms with van der Waals surface area (Å²) in [7, 11) is 5.05. The van der Waals surface area contributed by atoms with Gasteiger partial charge in [-0.05, 0) is 86.0 Å². The van der Waals surface area contributed by atoms with Crippen LogP contribution in [0.5, 0.6) is 0 Å². The molecule has 5 heterocycles. The number of alkyl halides is 1. The number of aryl methyl sites for hydroxylation is 1. The van der Waals surface area contributed by atoms with E-state index < -0.39 is 83.1 Å². The molecule has 1 amide bonds. The quantitative estimate of drug-likeness (QED) is 0.202. The molecule has 0 aliphatic carbocycles. The first-order valence-corrected chi connectivity index (χ1v) is 20.2. The monoisotopic (exact) mass is 803 g/mol. The fraction of sp³-hybridized carbons (Fsp3) is 0.756. The van der Waals surface area contributed by atoms with Crippen molar-refractivity contribution in [2.45, 2.75) is 154 Å². The number of carbonyl (C=O) groups excluding carboxylic acids is 4. The number of aliphatic hydroxyl groups is 1. The molecule has 2 aromatic rings. The third kappa shape index (κ3) is 8.61. The molecule has 0 spiro atoms. The molecule has 1 N–H and O–H groups in total. The summed E-state index contributed by atoms with van der Waals surface area (Å²) in [5.41, 5.74) is -4.69. The maximum atomic E-state index is 16.9. The van der Waals surface area contributed by atoms with Crippen LogP contribution in [0.2, 0.25) is 0 Å². The van der Waals surface area contributed by atoms with Crippen LogP contribution in [-0.2, 0) is 44.6 Å². The molecule has 3 aliphatic heterocycles. The zero-order valence-corrected chi connectivity index (χ0v) is 35.3. The van der Waals surface area contributed by atoms with Crippen molar-refractivity contribution in [3.63, 3.8) is 0 Å². The highest BCUT2D eigenvalue weighted by Crippen LogP contribution is 2.43. The SMILES string of the molecule is CC[C@H]1OC(=O)C(C)(F)C(=O)[C@H](C)[C@@H](O[C@@H]2O[C@H](C)C[C@H](N(C)C)[C@H]2O)[C@](C)(OC)C[C@@H](C)C(=O)[C@H](C)[C@H]2N(CCCCn3cnc4cccnc43)C(=O)O[C@]12C. The van der Waals surface area contributed by atoms with Gasteiger partial charge in [0.05, 0.1) is 30.2 Å². The first kappa shape index (κ1) is 44.5. The lowest BCUT2D eigenvalue weighted by molar-refractivity contribution is -0.295. The molecule has 2 aromatic heterocycles. The fourth-order valence-corrected chi connectivity index (χ4v) is 9.34. The Morgan fingerprint density at radius 3 is 2.37 bits per heavy atom. The van der Waals surface area contributed by atoms with Crippen LogP contribution in [0.3, 0.4) is 0 Å². The Balaban J connectivity index is 1.49. The number of likely N-dealkylation sites (N-methyl/N-ethyl adjacent to an activating group) is 1. The van der Waals surface area contributed by atoms with Gasteiger partial charge in [-0.2, -0.15) is 0 Å². The van der Waals surface area contributed by atoms with Gasteiger partial charge in [0.1, 0.15) is 23.5 Å². The van der Waals surface area contributed by atoms with Gasteiger partial charge in [-0.15, -0.1) is 0 Å². The summed E-state index contributed by atoms with van der Waals surface area (Å²) in [5.74, 6) is -5.78. The molecule has 3 saturated heterocycles. The van der Waals surface area contributed by atoms with Crippen LogP contribution in [0.1, 0.15) is 87.5 Å². The van der Waals surface area contributed by atoms with E-state index in [-0.39, 0.29) is 37.3 Å². The van der Waals surface area contributed by atoms with Crippen LogP contribution in [-0.4, -0.2) is 140 Å². The van der Waals surface area contributed by atoms with Crippen LogP contribution in [0.25, 0.3) is 11.2 Å². The number of hydrogen-bond acceptors (Lipinski definition) is 13. The molecule has 318 valence electrons. The molecule has 0 bridgehead atoms. The van der Waals surface area contributed by atoms with Crippen LogP contribution >= 0.6 is 0 Å². The molecule has 0 radical (unpaired) electrons. The predicted molar refractivity (Wildman–Crippen MR) is 207 cm³/mol. The van der Waals surface area contributed by atoms with Crippen molar-refractivity contribution < 1.29 is 52.4 Å². The summed E-state index contributed by atoms with van der Waals surface area (Å²) >= 11 is 0. The number of esters is 1. The van der Waals surface area contributed by atoms with Crippen molar-refractivity contribution in [1.82, 2.24) is 24.3 Å². The standard InChI is InChI=1S/C41H62FN5O10/c1-12-29-41(8)32(47(38(52)57-41)19-14-13-18-46-22-44-27-16-15-17-43-35(27)46)25(4)30(48)23(2)21-39(6,53-11)34(26(5)33(50)40(7,42)37(51)55-29)56-36-31(49)28(45(9)10)20-24(3)54-36/h15-17,22-26,28-29,31-32,34,36,49H,12-14,18-21H2,1-11H3/t23-,24-,25+,26+,28+,29-,31-,32-,34-,36+,39-,40?,41-/m1/s1. The number of unbranched alkanes of at least 4 members (excludes halogenated alkanes) is 1. The minimum Gasteiger partial charge on any atom is -0.455 e. The molecule has 0 saturated carbocycles. The van der Waals surface area contributed by atoms with E-state index in [0.29, 0.717) is 25.8 Å². The summed E-state index contributed by atoms with van der Waals surface area (Å²) in [5, 5.41) is 11.4. The second kappa shape index (κ2) is 17.3. The van der Waals surface area contributed by atoms with E-state index in [9.17, 15) is 24.3 Å². The van der Waals surface area contributed by atoms with Crippen molar-refractivity contribution in [2.24, 2.45) is 17.8 Å². The second-order valence-electron chi connectivity index (χ2n) is 17.1. The Kier molecular flexibility index (Phi) is 13.5. The Morgan fingerprint density at radius 1 is 1.04 bits per heavy atom. The van der Waals surface area contributed by atoms with E-state index >= 15 is 4.39 Å². The van der Waals surface area contributed by atoms with Crippen molar-refractivity contribution in [1.29, 1.82) is 0 Å². The number of methoxy groups -OCH3 is 1. The number of ketones is 2. The first-order chi connectivity index (χ1) is 26.7. The van der Waals surface area contributed by atoms with Crippen molar-refractivity contribution in [3.05, 3.63) is 24.7 Å². The highest BCUT2D eigenvalue weighted by Gasteiger charge is 2.61. The van der Waals surface area contributed by atoms with Gasteiger partial charge in [-0.25, -0.2) is 23.9 Å². The summed E-state index contributed by atoms with van der Waals surface area (Å²) in [6.07, 6.45) is -0.768. The zero-order valence-electron chi connectivity index (χ0n) is 35.3. The van der Waals surface area contributed by atoms with Crippen LogP contribution in [0, 0.1) is 17.8 Å². The van der Waals surface area contributed by atoms with Gasteiger partial charge in [-0.3, -0.25) is 9.59 Å². The molecule has 1 unspecified atom stereocenters. The van der Waals surface area contributed by atoms with Gasteiger partial charge in [0.25, 0.3) is 5.67 Å². The number of hydrogen-bond donors (Lipinski definition) is 1. The number of rotatable bonds is 10. The largest absolute Gasteiger partial charge is 0.455 e. The average molecular weight is 804 g/mol. The summed E-state index contributed by atoms with van der Waals surface area (Å²) < 4.78 is 49.3. The summed E-state index contributed by atoms with van der Waals surface area (Å²) in [6, 6.07) is 2.42. The number of aromatic nitrogens is 3. The maximum absolute atomic E-state index is 16.9. The molecule has 0 aromatic carbocycles. The number of ether oxygens (including phenoxy) is 5. The van der Waals surface area contributed by atoms with Gasteiger partial charge in [0, 0.05) is 50.2 Å². The van der Waals surface area contributed by atoms with E-state index in [2.05, 4.69) is 9.97 Å². The van der Waals surface area contributed by atoms with E-state index in [1.54, 1.807) is 47.1 Å². The lowest BCUT2D eigenvalue weighted by Gasteiger charge is -2.47. The van der Waals surface area contributed by atoms with Crippen LogP contribution in [0.15, 0.2) is 24.7 Å². The minimum absolute atomic E-state index is 0.000224. The van der Waals surface area contributed by atoms with Gasteiger partial charge in [0.15, 0.2) is 23.3 Å². The number of halogens is 1. The zero-order chi connectivity index (χ0) is 42.2. The average Bonchev–Trinajstić information content (AvgIpc) is 3.70.